The average molecular weight is 1540 g/mol. The van der Waals surface area contributed by atoms with E-state index in [1.54, 1.807) is 24.3 Å². The van der Waals surface area contributed by atoms with Crippen LogP contribution in [0.5, 0.6) is 11.5 Å². The number of ether oxygens (including phenoxy) is 2. The van der Waals surface area contributed by atoms with Crippen molar-refractivity contribution in [3.63, 3.8) is 0 Å². The van der Waals surface area contributed by atoms with Gasteiger partial charge in [0.25, 0.3) is 12.9 Å². The van der Waals surface area contributed by atoms with E-state index in [1.165, 1.54) is 210 Å². The molecule has 0 N–H and O–H groups in total. The largest absolute Gasteiger partial charge is 1.00 e. The molecule has 11 aromatic heterocycles. The van der Waals surface area contributed by atoms with Crippen LogP contribution >= 0.6 is 68.0 Å². The molecule has 1 aromatic carbocycles. The molecule has 0 spiro atoms. The summed E-state index contributed by atoms with van der Waals surface area (Å²) in [6.07, 6.45) is 43.3. The number of thiophene rings is 6. The average Bonchev–Trinajstić information content (AvgIpc) is 1.79. The molecule has 0 aliphatic rings. The van der Waals surface area contributed by atoms with Crippen LogP contribution in [0.25, 0.3) is 98.7 Å². The van der Waals surface area contributed by atoms with Gasteiger partial charge in [0.05, 0.1) is 22.8 Å². The zero-order chi connectivity index (χ0) is 69.4. The molecule has 11 heterocycles. The number of carbonyl (C=O) groups is 2. The number of nitrogens with zero attached hydrogens (tertiary/aromatic N) is 5. The molecule has 9 nitrogen and oxygen atoms in total. The quantitative estimate of drug-likeness (QED) is 0.0166. The Morgan fingerprint density at radius 2 is 0.703 bits per heavy atom. The van der Waals surface area contributed by atoms with Crippen LogP contribution in [0, 0.1) is 6.07 Å². The smallest absolute Gasteiger partial charge is 0.429 e. The monoisotopic (exact) mass is 1540 g/mol. The number of hydrogen-bond acceptors (Lipinski definition) is 15. The van der Waals surface area contributed by atoms with Gasteiger partial charge in [0.1, 0.15) is 11.5 Å². The maximum absolute atomic E-state index is 10.2. The van der Waals surface area contributed by atoms with E-state index in [4.69, 9.17) is 14.5 Å². The van der Waals surface area contributed by atoms with E-state index in [-0.39, 0.29) is 19.5 Å². The second-order valence-corrected chi connectivity index (χ2v) is 31.3. The van der Waals surface area contributed by atoms with Gasteiger partial charge in [-0.2, -0.15) is 0 Å². The Kier molecular flexibility index (Phi) is 32.6. The topological polar surface area (TPSA) is 117 Å². The first-order valence-electron chi connectivity index (χ1n) is 35.2. The molecule has 0 aliphatic heterocycles. The number of benzene rings is 1. The minimum absolute atomic E-state index is 0. The number of unbranched alkanes of at least 4 members (excludes halogenated alkanes) is 12. The summed E-state index contributed by atoms with van der Waals surface area (Å²) in [7, 11) is 0. The molecule has 0 saturated carbocycles. The Morgan fingerprint density at radius 1 is 0.337 bits per heavy atom. The van der Waals surface area contributed by atoms with Gasteiger partial charge in [-0.25, -0.2) is 0 Å². The Labute approximate surface area is 634 Å². The van der Waals surface area contributed by atoms with Gasteiger partial charge in [0, 0.05) is 102 Å². The molecule has 0 fully saturated rings. The number of aryl methyl sites for hydroxylation is 4. The zero-order valence-corrected chi connectivity index (χ0v) is 64.7. The molecule has 521 valence electrons. The van der Waals surface area contributed by atoms with Crippen molar-refractivity contribution in [2.24, 2.45) is 0 Å². The van der Waals surface area contributed by atoms with Gasteiger partial charge in [-0.3, -0.25) is 29.5 Å². The molecule has 1 radical (unpaired) electrons. The van der Waals surface area contributed by atoms with Crippen LogP contribution in [0.2, 0.25) is 0 Å². The van der Waals surface area contributed by atoms with Crippen molar-refractivity contribution in [2.75, 3.05) is 0 Å². The summed E-state index contributed by atoms with van der Waals surface area (Å²) in [6.45, 7) is 9.74. The first-order valence-corrected chi connectivity index (χ1v) is 40.1. The predicted octanol–water partition coefficient (Wildman–Crippen LogP) is 25.8. The van der Waals surface area contributed by atoms with Gasteiger partial charge < -0.3 is 14.5 Å². The van der Waals surface area contributed by atoms with Crippen molar-refractivity contribution in [3.05, 3.63) is 229 Å². The van der Waals surface area contributed by atoms with Crippen molar-refractivity contribution < 1.29 is 38.5 Å². The minimum atomic E-state index is 0. The van der Waals surface area contributed by atoms with E-state index in [1.807, 2.05) is 92.7 Å². The molecular formula is C85H88N5O4RuS6. The first-order chi connectivity index (χ1) is 49.3. The number of hydrogen-bond donors (Lipinski definition) is 0. The molecule has 16 heteroatoms. The van der Waals surface area contributed by atoms with E-state index >= 15 is 0 Å². The second kappa shape index (κ2) is 42.6. The van der Waals surface area contributed by atoms with Crippen LogP contribution in [-0.2, 0) is 54.8 Å². The van der Waals surface area contributed by atoms with Crippen LogP contribution in [0.15, 0.2) is 183 Å². The number of rotatable bonds is 35. The zero-order valence-electron chi connectivity index (χ0n) is 58.1. The minimum Gasteiger partial charge on any atom is -0.429 e. The Balaban J connectivity index is 0.000000190. The molecule has 101 heavy (non-hydrogen) atoms. The van der Waals surface area contributed by atoms with E-state index in [0.717, 1.165) is 33.8 Å². The molecule has 0 bridgehead atoms. The Bertz CT molecular complexity index is 4230. The fraction of sp³-hybridized carbons (Fsp3) is 0.282. The summed E-state index contributed by atoms with van der Waals surface area (Å²) in [4.78, 5) is 59.2. The SMILES string of the molecule is CCCCCCc1ccc(-c2ccc(-c3cc[c-]c(-c4cc(-c5ccc(-c6ccc(CCCCCC)s6)s5)ccn4)c3)s2)s1.CCCCCCc1ccc(/C=C/c2ccnc(-c3cc(/C=C/c4ccc(CCCCCC)s4)ccn3)c2)s1.O=COc1ccnc(-c2cc(OC=O)ccn2)c1.[Ru+]. The van der Waals surface area contributed by atoms with Gasteiger partial charge in [-0.1, -0.05) is 129 Å². The summed E-state index contributed by atoms with van der Waals surface area (Å²) in [5, 5.41) is 0. The summed E-state index contributed by atoms with van der Waals surface area (Å²) in [6, 6.07) is 56.1. The molecule has 0 saturated heterocycles. The van der Waals surface area contributed by atoms with Crippen molar-refractivity contribution in [1.29, 1.82) is 0 Å². The van der Waals surface area contributed by atoms with Gasteiger partial charge in [0.15, 0.2) is 0 Å². The molecule has 12 rings (SSSR count). The van der Waals surface area contributed by atoms with E-state index in [2.05, 4.69) is 199 Å². The third-order valence-corrected chi connectivity index (χ3v) is 23.9. The van der Waals surface area contributed by atoms with Crippen LogP contribution in [-0.4, -0.2) is 37.9 Å². The van der Waals surface area contributed by atoms with Crippen molar-refractivity contribution in [3.8, 4) is 85.9 Å². The number of aromatic nitrogens is 5. The Morgan fingerprint density at radius 3 is 1.15 bits per heavy atom. The van der Waals surface area contributed by atoms with Gasteiger partial charge in [0.2, 0.25) is 0 Å². The third kappa shape index (κ3) is 24.7. The predicted molar refractivity (Wildman–Crippen MR) is 428 cm³/mol. The number of pyridine rings is 5. The summed E-state index contributed by atoms with van der Waals surface area (Å²) in [5.41, 5.74) is 9.52. The van der Waals surface area contributed by atoms with Crippen molar-refractivity contribution in [1.82, 2.24) is 24.9 Å². The van der Waals surface area contributed by atoms with Crippen molar-refractivity contribution >= 4 is 105 Å². The van der Waals surface area contributed by atoms with E-state index in [0.29, 0.717) is 35.8 Å². The molecule has 0 atom stereocenters. The fourth-order valence-corrected chi connectivity index (χ4v) is 17.5. The van der Waals surface area contributed by atoms with E-state index < -0.39 is 0 Å². The second-order valence-electron chi connectivity index (χ2n) is 24.4. The molecule has 0 amide bonds. The first kappa shape index (κ1) is 77.4. The van der Waals surface area contributed by atoms with Crippen LogP contribution < -0.4 is 9.47 Å². The fourth-order valence-electron chi connectivity index (χ4n) is 11.3. The third-order valence-electron chi connectivity index (χ3n) is 16.7. The molecular weight excluding hydrogens is 1450 g/mol. The normalized spacial score (nSPS) is 11.1. The molecule has 0 aliphatic carbocycles. The van der Waals surface area contributed by atoms with Gasteiger partial charge in [-0.05, 0) is 201 Å². The van der Waals surface area contributed by atoms with Gasteiger partial charge >= 0.3 is 19.5 Å². The molecule has 12 aromatic rings. The van der Waals surface area contributed by atoms with Crippen LogP contribution in [0.4, 0.5) is 0 Å². The Hall–Kier alpha value is -7.79. The number of carbonyl (C=O) groups excluding carboxylic acids is 2. The standard InChI is InChI=1S/C39H40NS4.C34H40N2S2.C12H8N2O4.Ru/c1-3-5-7-9-14-31-16-18-36(41-31)38-22-20-34(43-38)29-13-11-12-28(26-29)33-27-30(24-25-40-33)35-21-23-39(44-35)37-19-17-32(42-37)15-10-8-6-4-2;1-3-5-7-9-11-29-17-19-31(37-29)15-13-27-21-23-35-33(25-27)34-26-28(22-24-36-34)14-16-32-20-18-30(38-32)12-10-8-6-4-2;15-7-17-9-1-3-13-11(5-9)12-6-10(18-8-16)2-4-14-12;/h11,13,16-27H,3-10,14-15H2,1-2H3;13-26H,3-12H2,1-2H3;1-8H;/q-1;;;+1/b;15-13+,16-14+;;. The van der Waals surface area contributed by atoms with E-state index in [9.17, 15) is 9.59 Å². The maximum Gasteiger partial charge on any atom is 1.00 e. The summed E-state index contributed by atoms with van der Waals surface area (Å²) >= 11 is 11.5. The molecule has 0 unspecified atom stereocenters. The maximum atomic E-state index is 10.2. The van der Waals surface area contributed by atoms with Crippen molar-refractivity contribution in [2.45, 2.75) is 156 Å². The summed E-state index contributed by atoms with van der Waals surface area (Å²) in [5.74, 6) is 0.719. The van der Waals surface area contributed by atoms with Gasteiger partial charge in [-0.15, -0.1) is 97.8 Å². The summed E-state index contributed by atoms with van der Waals surface area (Å²) < 4.78 is 9.42. The van der Waals surface area contributed by atoms with Crippen LogP contribution in [0.3, 0.4) is 0 Å². The van der Waals surface area contributed by atoms with Crippen LogP contribution in [0.1, 0.15) is 171 Å².